The molecule has 94 valence electrons. The number of aromatic nitrogens is 1. The zero-order valence-electron chi connectivity index (χ0n) is 10.7. The molecule has 0 spiro atoms. The molecule has 1 fully saturated rings. The second-order valence-corrected chi connectivity index (χ2v) is 5.00. The summed E-state index contributed by atoms with van der Waals surface area (Å²) in [6, 6.07) is 4.45. The molecule has 1 heterocycles. The number of nitrogens with two attached hydrogens (primary N) is 1. The van der Waals surface area contributed by atoms with Gasteiger partial charge in [0.05, 0.1) is 0 Å². The van der Waals surface area contributed by atoms with Crippen LogP contribution < -0.4 is 11.1 Å². The average Bonchev–Trinajstić information content (AvgIpc) is 2.62. The fourth-order valence-electron chi connectivity index (χ4n) is 2.98. The lowest BCUT2D eigenvalue weighted by atomic mass is 9.87. The van der Waals surface area contributed by atoms with Crippen molar-refractivity contribution in [3.8, 4) is 0 Å². The monoisotopic (exact) mass is 233 g/mol. The van der Waals surface area contributed by atoms with Crippen LogP contribution in [-0.4, -0.2) is 12.0 Å². The molecule has 3 heteroatoms. The number of nitrogen functional groups attached to an aromatic ring is 1. The lowest BCUT2D eigenvalue weighted by Gasteiger charge is -2.26. The third-order valence-corrected chi connectivity index (χ3v) is 3.89. The Kier molecular flexibility index (Phi) is 4.37. The zero-order chi connectivity index (χ0) is 12.1. The number of anilines is 1. The Hall–Kier alpha value is -1.09. The maximum Gasteiger partial charge on any atom is 0.128 e. The zero-order valence-corrected chi connectivity index (χ0v) is 10.7. The molecule has 0 aromatic carbocycles. The highest BCUT2D eigenvalue weighted by atomic mass is 14.9. The molecule has 2 rings (SSSR count). The fraction of sp³-hybridized carbons (Fsp3) is 0.643. The van der Waals surface area contributed by atoms with Crippen molar-refractivity contribution in [1.29, 1.82) is 0 Å². The molecule has 0 saturated heterocycles. The minimum absolute atomic E-state index is 0.363. The molecule has 1 atom stereocenters. The third-order valence-electron chi connectivity index (χ3n) is 3.89. The van der Waals surface area contributed by atoms with Crippen LogP contribution in [0.4, 0.5) is 5.82 Å². The number of pyridine rings is 1. The number of nitrogens with one attached hydrogen (secondary N) is 1. The van der Waals surface area contributed by atoms with E-state index >= 15 is 0 Å². The Morgan fingerprint density at radius 3 is 2.59 bits per heavy atom. The van der Waals surface area contributed by atoms with Crippen LogP contribution in [0.3, 0.4) is 0 Å². The van der Waals surface area contributed by atoms with Crippen LogP contribution in [0.25, 0.3) is 0 Å². The molecule has 1 saturated carbocycles. The van der Waals surface area contributed by atoms with Crippen molar-refractivity contribution in [2.45, 2.75) is 44.6 Å². The maximum atomic E-state index is 5.99. The standard InChI is InChI=1S/C14H23N3/c1-16-13(11-7-4-2-3-5-8-11)12-9-6-10-17-14(12)15/h6,9-11,13,16H,2-5,7-8H2,1H3,(H2,15,17). The van der Waals surface area contributed by atoms with Crippen LogP contribution in [0.15, 0.2) is 18.3 Å². The summed E-state index contributed by atoms with van der Waals surface area (Å²) in [4.78, 5) is 4.20. The van der Waals surface area contributed by atoms with Crippen molar-refractivity contribution in [3.05, 3.63) is 23.9 Å². The van der Waals surface area contributed by atoms with E-state index in [4.69, 9.17) is 5.73 Å². The first-order chi connectivity index (χ1) is 8.33. The summed E-state index contributed by atoms with van der Waals surface area (Å²) in [5, 5.41) is 3.44. The van der Waals surface area contributed by atoms with Gasteiger partial charge in [0.15, 0.2) is 0 Å². The first-order valence-corrected chi connectivity index (χ1v) is 6.70. The summed E-state index contributed by atoms with van der Waals surface area (Å²) in [6.45, 7) is 0. The quantitative estimate of drug-likeness (QED) is 0.789. The molecule has 3 nitrogen and oxygen atoms in total. The molecule has 0 radical (unpaired) electrons. The van der Waals surface area contributed by atoms with Crippen LogP contribution in [0.5, 0.6) is 0 Å². The van der Waals surface area contributed by atoms with Gasteiger partial charge in [-0.2, -0.15) is 0 Å². The van der Waals surface area contributed by atoms with Crippen molar-refractivity contribution >= 4 is 5.82 Å². The second-order valence-electron chi connectivity index (χ2n) is 5.00. The van der Waals surface area contributed by atoms with E-state index in [1.54, 1.807) is 6.20 Å². The molecule has 0 bridgehead atoms. The molecule has 1 unspecified atom stereocenters. The van der Waals surface area contributed by atoms with Gasteiger partial charge in [-0.1, -0.05) is 31.7 Å². The van der Waals surface area contributed by atoms with E-state index in [2.05, 4.69) is 16.4 Å². The lowest BCUT2D eigenvalue weighted by Crippen LogP contribution is -2.26. The number of nitrogens with zero attached hydrogens (tertiary/aromatic N) is 1. The van der Waals surface area contributed by atoms with Gasteiger partial charge in [0, 0.05) is 17.8 Å². The predicted octanol–water partition coefficient (Wildman–Crippen LogP) is 2.89. The largest absolute Gasteiger partial charge is 0.383 e. The maximum absolute atomic E-state index is 5.99. The fourth-order valence-corrected chi connectivity index (χ4v) is 2.98. The molecule has 1 aromatic rings. The van der Waals surface area contributed by atoms with Crippen LogP contribution in [0.1, 0.15) is 50.1 Å². The van der Waals surface area contributed by atoms with Crippen molar-refractivity contribution in [1.82, 2.24) is 10.3 Å². The Labute approximate surface area is 104 Å². The minimum atomic E-state index is 0.363. The van der Waals surface area contributed by atoms with E-state index in [9.17, 15) is 0 Å². The first-order valence-electron chi connectivity index (χ1n) is 6.70. The first kappa shape index (κ1) is 12.4. The molecule has 1 aliphatic rings. The van der Waals surface area contributed by atoms with Gasteiger partial charge >= 0.3 is 0 Å². The molecule has 0 aliphatic heterocycles. The summed E-state index contributed by atoms with van der Waals surface area (Å²) in [5.74, 6) is 1.38. The lowest BCUT2D eigenvalue weighted by molar-refractivity contribution is 0.342. The molecule has 3 N–H and O–H groups in total. The summed E-state index contributed by atoms with van der Waals surface area (Å²) >= 11 is 0. The average molecular weight is 233 g/mol. The number of hydrogen-bond donors (Lipinski definition) is 2. The van der Waals surface area contributed by atoms with Gasteiger partial charge in [-0.25, -0.2) is 4.98 Å². The Morgan fingerprint density at radius 1 is 1.29 bits per heavy atom. The van der Waals surface area contributed by atoms with E-state index in [0.717, 1.165) is 0 Å². The number of hydrogen-bond acceptors (Lipinski definition) is 3. The van der Waals surface area contributed by atoms with Gasteiger partial charge in [0.2, 0.25) is 0 Å². The molecular weight excluding hydrogens is 210 g/mol. The van der Waals surface area contributed by atoms with E-state index < -0.39 is 0 Å². The SMILES string of the molecule is CNC(c1cccnc1N)C1CCCCCC1. The van der Waals surface area contributed by atoms with E-state index in [0.29, 0.717) is 17.8 Å². The van der Waals surface area contributed by atoms with Crippen LogP contribution >= 0.6 is 0 Å². The number of rotatable bonds is 3. The molecule has 1 aromatic heterocycles. The van der Waals surface area contributed by atoms with Crippen LogP contribution in [0.2, 0.25) is 0 Å². The van der Waals surface area contributed by atoms with Crippen molar-refractivity contribution in [2.24, 2.45) is 5.92 Å². The summed E-state index contributed by atoms with van der Waals surface area (Å²) in [5.41, 5.74) is 7.16. The van der Waals surface area contributed by atoms with Gasteiger partial charge < -0.3 is 11.1 Å². The van der Waals surface area contributed by atoms with E-state index in [1.165, 1.54) is 44.1 Å². The Bertz CT molecular complexity index is 343. The van der Waals surface area contributed by atoms with Gasteiger partial charge in [-0.15, -0.1) is 0 Å². The van der Waals surface area contributed by atoms with Crippen molar-refractivity contribution in [3.63, 3.8) is 0 Å². The van der Waals surface area contributed by atoms with E-state index in [1.807, 2.05) is 13.1 Å². The third kappa shape index (κ3) is 2.97. The van der Waals surface area contributed by atoms with Gasteiger partial charge in [-0.3, -0.25) is 0 Å². The molecule has 17 heavy (non-hydrogen) atoms. The summed E-state index contributed by atoms with van der Waals surface area (Å²) < 4.78 is 0. The molecule has 1 aliphatic carbocycles. The Morgan fingerprint density at radius 2 is 2.00 bits per heavy atom. The topological polar surface area (TPSA) is 50.9 Å². The van der Waals surface area contributed by atoms with Gasteiger partial charge in [0.1, 0.15) is 5.82 Å². The van der Waals surface area contributed by atoms with Crippen molar-refractivity contribution < 1.29 is 0 Å². The van der Waals surface area contributed by atoms with Gasteiger partial charge in [0.25, 0.3) is 0 Å². The molecular formula is C14H23N3. The van der Waals surface area contributed by atoms with Crippen LogP contribution in [0, 0.1) is 5.92 Å². The molecule has 0 amide bonds. The highest BCUT2D eigenvalue weighted by molar-refractivity contribution is 5.41. The normalized spacial score (nSPS) is 19.8. The second kappa shape index (κ2) is 6.01. The predicted molar refractivity (Wildman–Crippen MR) is 71.6 cm³/mol. The van der Waals surface area contributed by atoms with Crippen LogP contribution in [-0.2, 0) is 0 Å². The minimum Gasteiger partial charge on any atom is -0.383 e. The smallest absolute Gasteiger partial charge is 0.128 e. The van der Waals surface area contributed by atoms with Gasteiger partial charge in [-0.05, 0) is 31.9 Å². The summed E-state index contributed by atoms with van der Waals surface area (Å²) in [6.07, 6.45) is 9.84. The Balaban J connectivity index is 2.17. The van der Waals surface area contributed by atoms with Crippen molar-refractivity contribution in [2.75, 3.05) is 12.8 Å². The highest BCUT2D eigenvalue weighted by Crippen LogP contribution is 2.34. The highest BCUT2D eigenvalue weighted by Gasteiger charge is 2.24. The van der Waals surface area contributed by atoms with E-state index in [-0.39, 0.29) is 0 Å². The summed E-state index contributed by atoms with van der Waals surface area (Å²) in [7, 11) is 2.03.